The fourth-order valence-corrected chi connectivity index (χ4v) is 15.9. The van der Waals surface area contributed by atoms with Crippen molar-refractivity contribution in [3.63, 3.8) is 0 Å². The molecule has 0 amide bonds. The average Bonchev–Trinajstić information content (AvgIpc) is 3.81. The van der Waals surface area contributed by atoms with Gasteiger partial charge in [0.25, 0.3) is 0 Å². The minimum atomic E-state index is -2.55. The van der Waals surface area contributed by atoms with Crippen molar-refractivity contribution in [3.8, 4) is 23.3 Å². The molecule has 0 unspecified atom stereocenters. The number of benzene rings is 7. The summed E-state index contributed by atoms with van der Waals surface area (Å²) in [5.41, 5.74) is 5.83. The Balaban J connectivity index is 1.21. The normalized spacial score (nSPS) is 13.9. The van der Waals surface area contributed by atoms with Gasteiger partial charge in [0.05, 0.1) is 22.1 Å². The lowest BCUT2D eigenvalue weighted by Crippen LogP contribution is -2.70. The van der Waals surface area contributed by atoms with Crippen LogP contribution in [0.15, 0.2) is 182 Å². The van der Waals surface area contributed by atoms with Crippen LogP contribution in [0.4, 0.5) is 0 Å². The number of fused-ring (bicyclic) bond motifs is 6. The van der Waals surface area contributed by atoms with E-state index >= 15 is 0 Å². The Bertz CT molecular complexity index is 2790. The summed E-state index contributed by atoms with van der Waals surface area (Å²) in [6.45, 7) is 0. The Morgan fingerprint density at radius 1 is 0.386 bits per heavy atom. The van der Waals surface area contributed by atoms with Crippen LogP contribution in [0.2, 0.25) is 5.54 Å². The first-order valence-corrected chi connectivity index (χ1v) is 22.3. The maximum atomic E-state index is 5.44. The topological polar surface area (TPSA) is 48.5 Å². The largest absolute Gasteiger partial charge is 0.278 e. The van der Waals surface area contributed by atoms with Gasteiger partial charge in [-0.1, -0.05) is 190 Å². The summed E-state index contributed by atoms with van der Waals surface area (Å²) in [7, 11) is -2.55. The van der Waals surface area contributed by atoms with Gasteiger partial charge < -0.3 is 0 Å². The van der Waals surface area contributed by atoms with E-state index in [1.807, 2.05) is 0 Å². The minimum absolute atomic E-state index is 0.575. The molecule has 57 heavy (non-hydrogen) atoms. The van der Waals surface area contributed by atoms with Crippen LogP contribution in [-0.4, -0.2) is 32.2 Å². The lowest BCUT2D eigenvalue weighted by atomic mass is 10.0. The summed E-state index contributed by atoms with van der Waals surface area (Å²) in [5.74, 6) is 1.86. The molecule has 0 atom stereocenters. The van der Waals surface area contributed by atoms with Gasteiger partial charge in [-0.2, -0.15) is 15.0 Å². The second-order valence-corrected chi connectivity index (χ2v) is 19.6. The van der Waals surface area contributed by atoms with Crippen molar-refractivity contribution in [3.05, 3.63) is 182 Å². The van der Waals surface area contributed by atoms with Crippen molar-refractivity contribution in [2.24, 2.45) is 0 Å². The van der Waals surface area contributed by atoms with Gasteiger partial charge in [-0.3, -0.25) is 9.13 Å². The standard InChI is InChI=1S/C51H41N5Si/c1-4-20-37(21-5-1)57(38-22-6-2-7-23-38,39-24-8-3-9-25-39)40-26-18-19-36(35-40)49-52-50(55-45-31-14-10-27-41(45)42-28-11-15-32-46(42)55)54-51(53-49)56-47-33-16-12-29-43(47)44-30-13-17-34-48(44)56/h1-2,4-7,10-23,26-35,39H,3,8-9,24-25H2. The summed E-state index contributed by atoms with van der Waals surface area (Å²) >= 11 is 0. The Kier molecular flexibility index (Phi) is 8.18. The van der Waals surface area contributed by atoms with E-state index in [1.54, 1.807) is 0 Å². The van der Waals surface area contributed by atoms with E-state index < -0.39 is 8.07 Å². The van der Waals surface area contributed by atoms with Gasteiger partial charge in [-0.15, -0.1) is 0 Å². The molecule has 0 spiro atoms. The molecule has 1 aliphatic carbocycles. The molecule has 0 aliphatic heterocycles. The van der Waals surface area contributed by atoms with Crippen LogP contribution in [0.25, 0.3) is 66.9 Å². The first kappa shape index (κ1) is 33.7. The van der Waals surface area contributed by atoms with E-state index in [2.05, 4.69) is 191 Å². The summed E-state index contributed by atoms with van der Waals surface area (Å²) in [6, 6.07) is 66.3. The van der Waals surface area contributed by atoms with Gasteiger partial charge in [0.15, 0.2) is 13.9 Å². The molecule has 0 bridgehead atoms. The number of aromatic nitrogens is 5. The number of para-hydroxylation sites is 4. The third kappa shape index (κ3) is 5.39. The SMILES string of the molecule is c1ccc([Si](c2ccccc2)(c2cccc(-c3nc(-n4c5ccccc5c5ccccc54)nc(-n4c5ccccc5c5ccccc54)n3)c2)C2CCCCC2)cc1. The molecule has 6 heteroatoms. The molecule has 0 radical (unpaired) electrons. The average molecular weight is 752 g/mol. The van der Waals surface area contributed by atoms with Crippen LogP contribution in [0, 0.1) is 0 Å². The Morgan fingerprint density at radius 2 is 0.789 bits per heavy atom. The van der Waals surface area contributed by atoms with E-state index in [0.717, 1.165) is 27.6 Å². The molecule has 1 fully saturated rings. The third-order valence-corrected chi connectivity index (χ3v) is 17.9. The highest BCUT2D eigenvalue weighted by Gasteiger charge is 2.46. The predicted octanol–water partition coefficient (Wildman–Crippen LogP) is 10.5. The zero-order valence-electron chi connectivity index (χ0n) is 31.7. The molecule has 11 rings (SSSR count). The number of hydrogen-bond donors (Lipinski definition) is 0. The van der Waals surface area contributed by atoms with E-state index in [0.29, 0.717) is 23.3 Å². The van der Waals surface area contributed by atoms with E-state index in [1.165, 1.54) is 69.2 Å². The molecule has 1 saturated carbocycles. The molecule has 10 aromatic rings. The summed E-state index contributed by atoms with van der Waals surface area (Å²) < 4.78 is 4.43. The second kappa shape index (κ2) is 13.8. The molecule has 3 heterocycles. The molecule has 1 aliphatic rings. The molecular weight excluding hydrogens is 711 g/mol. The summed E-state index contributed by atoms with van der Waals surface area (Å²) in [6.07, 6.45) is 6.34. The van der Waals surface area contributed by atoms with Crippen molar-refractivity contribution >= 4 is 67.2 Å². The monoisotopic (exact) mass is 751 g/mol. The van der Waals surface area contributed by atoms with Gasteiger partial charge in [0.2, 0.25) is 11.9 Å². The van der Waals surface area contributed by atoms with Gasteiger partial charge in [0.1, 0.15) is 0 Å². The summed E-state index contributed by atoms with van der Waals surface area (Å²) in [5, 5.41) is 9.02. The Hall–Kier alpha value is -6.63. The summed E-state index contributed by atoms with van der Waals surface area (Å²) in [4.78, 5) is 16.3. The Morgan fingerprint density at radius 3 is 1.25 bits per heavy atom. The maximum absolute atomic E-state index is 5.44. The van der Waals surface area contributed by atoms with Crippen LogP contribution in [0.3, 0.4) is 0 Å². The highest BCUT2D eigenvalue weighted by Crippen LogP contribution is 2.38. The number of hydrogen-bond acceptors (Lipinski definition) is 3. The molecule has 7 aromatic carbocycles. The molecule has 274 valence electrons. The fourth-order valence-electron chi connectivity index (χ4n) is 10.0. The molecule has 5 nitrogen and oxygen atoms in total. The van der Waals surface area contributed by atoms with Crippen LogP contribution in [0.5, 0.6) is 0 Å². The quantitative estimate of drug-likeness (QED) is 0.120. The number of nitrogens with zero attached hydrogens (tertiary/aromatic N) is 5. The van der Waals surface area contributed by atoms with E-state index in [-0.39, 0.29) is 0 Å². The maximum Gasteiger partial charge on any atom is 0.240 e. The highest BCUT2D eigenvalue weighted by molar-refractivity contribution is 7.12. The van der Waals surface area contributed by atoms with Crippen LogP contribution in [0.1, 0.15) is 32.1 Å². The van der Waals surface area contributed by atoms with Gasteiger partial charge in [0, 0.05) is 27.1 Å². The third-order valence-electron chi connectivity index (χ3n) is 12.4. The first-order chi connectivity index (χ1) is 28.3. The van der Waals surface area contributed by atoms with Crippen LogP contribution >= 0.6 is 0 Å². The van der Waals surface area contributed by atoms with Gasteiger partial charge >= 0.3 is 0 Å². The zero-order valence-corrected chi connectivity index (χ0v) is 32.7. The first-order valence-electron chi connectivity index (χ1n) is 20.2. The van der Waals surface area contributed by atoms with Crippen LogP contribution < -0.4 is 15.6 Å². The smallest absolute Gasteiger partial charge is 0.240 e. The predicted molar refractivity (Wildman–Crippen MR) is 238 cm³/mol. The molecular formula is C51H41N5Si. The van der Waals surface area contributed by atoms with Crippen molar-refractivity contribution in [1.82, 2.24) is 24.1 Å². The van der Waals surface area contributed by atoms with Gasteiger partial charge in [-0.25, -0.2) is 0 Å². The lowest BCUT2D eigenvalue weighted by molar-refractivity contribution is 0.497. The van der Waals surface area contributed by atoms with Crippen molar-refractivity contribution in [2.45, 2.75) is 37.6 Å². The second-order valence-electron chi connectivity index (χ2n) is 15.5. The van der Waals surface area contributed by atoms with Crippen molar-refractivity contribution < 1.29 is 0 Å². The van der Waals surface area contributed by atoms with E-state index in [9.17, 15) is 0 Å². The minimum Gasteiger partial charge on any atom is -0.278 e. The van der Waals surface area contributed by atoms with Crippen LogP contribution in [-0.2, 0) is 0 Å². The van der Waals surface area contributed by atoms with Crippen molar-refractivity contribution in [1.29, 1.82) is 0 Å². The lowest BCUT2D eigenvalue weighted by Gasteiger charge is -2.42. The fraction of sp³-hybridized carbons (Fsp3) is 0.118. The zero-order chi connectivity index (χ0) is 37.8. The van der Waals surface area contributed by atoms with Gasteiger partial charge in [-0.05, 0) is 45.4 Å². The molecule has 0 N–H and O–H groups in total. The molecule has 3 aromatic heterocycles. The highest BCUT2D eigenvalue weighted by atomic mass is 28.3. The van der Waals surface area contributed by atoms with E-state index in [4.69, 9.17) is 15.0 Å². The Labute approximate surface area is 333 Å². The van der Waals surface area contributed by atoms with Crippen molar-refractivity contribution in [2.75, 3.05) is 0 Å². The molecule has 0 saturated heterocycles. The number of rotatable bonds is 7.